The average molecular weight is 293 g/mol. The van der Waals surface area contributed by atoms with Crippen LogP contribution in [0.1, 0.15) is 23.4 Å². The molecule has 0 saturated carbocycles. The quantitative estimate of drug-likeness (QED) is 0.755. The first-order chi connectivity index (χ1) is 10.8. The first-order valence-electron chi connectivity index (χ1n) is 7.65. The Balaban J connectivity index is 1.88. The van der Waals surface area contributed by atoms with Crippen molar-refractivity contribution in [1.29, 1.82) is 0 Å². The summed E-state index contributed by atoms with van der Waals surface area (Å²) >= 11 is 0. The Kier molecular flexibility index (Phi) is 3.03. The number of nitrogens with two attached hydrogens (primary N) is 1. The number of aromatic nitrogens is 2. The van der Waals surface area contributed by atoms with E-state index in [4.69, 9.17) is 10.5 Å². The molecule has 0 bridgehead atoms. The van der Waals surface area contributed by atoms with E-state index in [1.54, 1.807) is 7.11 Å². The predicted octanol–water partition coefficient (Wildman–Crippen LogP) is 3.16. The van der Waals surface area contributed by atoms with Crippen LogP contribution in [0.4, 0.5) is 5.69 Å². The van der Waals surface area contributed by atoms with Crippen molar-refractivity contribution < 1.29 is 4.74 Å². The summed E-state index contributed by atoms with van der Waals surface area (Å²) in [6, 6.07) is 10.1. The molecule has 1 aliphatic carbocycles. The molecular weight excluding hydrogens is 274 g/mol. The molecule has 0 spiro atoms. The van der Waals surface area contributed by atoms with Crippen LogP contribution in [0.3, 0.4) is 0 Å². The van der Waals surface area contributed by atoms with Gasteiger partial charge in [-0.05, 0) is 55.2 Å². The predicted molar refractivity (Wildman–Crippen MR) is 88.3 cm³/mol. The van der Waals surface area contributed by atoms with Crippen molar-refractivity contribution in [3.8, 4) is 5.75 Å². The van der Waals surface area contributed by atoms with E-state index in [9.17, 15) is 0 Å². The third kappa shape index (κ3) is 1.95. The first-order valence-corrected chi connectivity index (χ1v) is 7.65. The van der Waals surface area contributed by atoms with E-state index in [0.29, 0.717) is 0 Å². The van der Waals surface area contributed by atoms with Crippen LogP contribution >= 0.6 is 0 Å². The Labute approximate surface area is 129 Å². The number of nitrogens with zero attached hydrogens (tertiary/aromatic N) is 2. The van der Waals surface area contributed by atoms with Gasteiger partial charge in [0.1, 0.15) is 11.4 Å². The Morgan fingerprint density at radius 2 is 2.18 bits per heavy atom. The van der Waals surface area contributed by atoms with Crippen LogP contribution in [0.15, 0.2) is 36.5 Å². The van der Waals surface area contributed by atoms with Crippen molar-refractivity contribution in [2.45, 2.75) is 25.8 Å². The highest BCUT2D eigenvalue weighted by molar-refractivity contribution is 5.88. The Hall–Kier alpha value is -2.49. The molecular formula is C18H19N3O. The summed E-state index contributed by atoms with van der Waals surface area (Å²) in [5.74, 6) is 0.839. The molecule has 4 rings (SSSR count). The Bertz CT molecular complexity index is 851. The second-order valence-corrected chi connectivity index (χ2v) is 5.79. The van der Waals surface area contributed by atoms with Crippen LogP contribution in [0, 0.1) is 0 Å². The summed E-state index contributed by atoms with van der Waals surface area (Å²) in [5.41, 5.74) is 11.9. The van der Waals surface area contributed by atoms with E-state index in [1.807, 2.05) is 24.4 Å². The molecule has 0 fully saturated rings. The fraction of sp³-hybridized carbons (Fsp3) is 0.278. The summed E-state index contributed by atoms with van der Waals surface area (Å²) in [4.78, 5) is 4.50. The number of ether oxygens (including phenoxy) is 1. The first kappa shape index (κ1) is 13.2. The van der Waals surface area contributed by atoms with Crippen LogP contribution in [0.5, 0.6) is 5.75 Å². The molecule has 2 heterocycles. The summed E-state index contributed by atoms with van der Waals surface area (Å²) in [5, 5.41) is 1.29. The molecule has 2 N–H and O–H groups in total. The van der Waals surface area contributed by atoms with Gasteiger partial charge in [0.25, 0.3) is 0 Å². The molecule has 0 amide bonds. The molecule has 112 valence electrons. The van der Waals surface area contributed by atoms with E-state index in [-0.39, 0.29) is 0 Å². The van der Waals surface area contributed by atoms with Gasteiger partial charge in [-0.1, -0.05) is 0 Å². The zero-order chi connectivity index (χ0) is 15.1. The highest BCUT2D eigenvalue weighted by Gasteiger charge is 2.22. The van der Waals surface area contributed by atoms with Crippen LogP contribution in [-0.4, -0.2) is 16.7 Å². The minimum absolute atomic E-state index is 0.736. The Morgan fingerprint density at radius 1 is 1.27 bits per heavy atom. The van der Waals surface area contributed by atoms with Gasteiger partial charge < -0.3 is 15.0 Å². The lowest BCUT2D eigenvalue weighted by molar-refractivity contribution is 0.405. The largest absolute Gasteiger partial charge is 0.495 e. The summed E-state index contributed by atoms with van der Waals surface area (Å²) in [7, 11) is 1.69. The van der Waals surface area contributed by atoms with Crippen molar-refractivity contribution in [2.75, 3.05) is 12.8 Å². The number of pyridine rings is 1. The average Bonchev–Trinajstić information content (AvgIpc) is 3.11. The lowest BCUT2D eigenvalue weighted by Gasteiger charge is -2.12. The van der Waals surface area contributed by atoms with Crippen molar-refractivity contribution in [1.82, 2.24) is 9.55 Å². The number of benzene rings is 1. The van der Waals surface area contributed by atoms with Crippen LogP contribution in [-0.2, 0) is 19.4 Å². The molecule has 4 nitrogen and oxygen atoms in total. The molecule has 3 aromatic rings. The molecule has 0 radical (unpaired) electrons. The second-order valence-electron chi connectivity index (χ2n) is 5.79. The summed E-state index contributed by atoms with van der Waals surface area (Å²) in [6.45, 7) is 0.736. The van der Waals surface area contributed by atoms with Crippen molar-refractivity contribution in [3.63, 3.8) is 0 Å². The van der Waals surface area contributed by atoms with Crippen molar-refractivity contribution in [3.05, 3.63) is 53.5 Å². The van der Waals surface area contributed by atoms with Gasteiger partial charge in [0.05, 0.1) is 13.7 Å². The fourth-order valence-electron chi connectivity index (χ4n) is 3.55. The van der Waals surface area contributed by atoms with Crippen molar-refractivity contribution in [2.24, 2.45) is 0 Å². The zero-order valence-corrected chi connectivity index (χ0v) is 12.7. The van der Waals surface area contributed by atoms with Gasteiger partial charge >= 0.3 is 0 Å². The van der Waals surface area contributed by atoms with E-state index in [1.165, 1.54) is 28.6 Å². The summed E-state index contributed by atoms with van der Waals surface area (Å²) < 4.78 is 7.83. The molecule has 0 aliphatic heterocycles. The number of fused-ring (bicyclic) bond motifs is 3. The number of anilines is 1. The minimum atomic E-state index is 0.736. The SMILES string of the molecule is COc1cccnc1Cn1c2c(c3cc(N)ccc31)CCC2. The smallest absolute Gasteiger partial charge is 0.142 e. The monoisotopic (exact) mass is 293 g/mol. The lowest BCUT2D eigenvalue weighted by Crippen LogP contribution is -2.06. The molecule has 4 heteroatoms. The number of nitrogen functional groups attached to an aromatic ring is 1. The second kappa shape index (κ2) is 5.05. The molecule has 0 saturated heterocycles. The Morgan fingerprint density at radius 3 is 3.05 bits per heavy atom. The molecule has 0 unspecified atom stereocenters. The summed E-state index contributed by atoms with van der Waals surface area (Å²) in [6.07, 6.45) is 5.30. The van der Waals surface area contributed by atoms with Gasteiger partial charge in [0.15, 0.2) is 0 Å². The molecule has 2 aromatic heterocycles. The van der Waals surface area contributed by atoms with E-state index in [0.717, 1.165) is 36.5 Å². The molecule has 1 aromatic carbocycles. The van der Waals surface area contributed by atoms with Gasteiger partial charge in [-0.3, -0.25) is 4.98 Å². The third-order valence-electron chi connectivity index (χ3n) is 4.53. The van der Waals surface area contributed by atoms with E-state index >= 15 is 0 Å². The van der Waals surface area contributed by atoms with Gasteiger partial charge in [-0.2, -0.15) is 0 Å². The molecule has 0 atom stereocenters. The third-order valence-corrected chi connectivity index (χ3v) is 4.53. The number of hydrogen-bond donors (Lipinski definition) is 1. The fourth-order valence-corrected chi connectivity index (χ4v) is 3.55. The zero-order valence-electron chi connectivity index (χ0n) is 12.7. The topological polar surface area (TPSA) is 53.1 Å². The van der Waals surface area contributed by atoms with Crippen molar-refractivity contribution >= 4 is 16.6 Å². The molecule has 1 aliphatic rings. The van der Waals surface area contributed by atoms with Gasteiger partial charge in [-0.25, -0.2) is 0 Å². The maximum atomic E-state index is 5.98. The standard InChI is InChI=1S/C18H19N3O/c1-22-18-6-3-9-20-15(18)11-21-16-5-2-4-13(16)14-10-12(19)7-8-17(14)21/h3,6-10H,2,4-5,11,19H2,1H3. The van der Waals surface area contributed by atoms with Crippen LogP contribution < -0.4 is 10.5 Å². The molecule has 22 heavy (non-hydrogen) atoms. The maximum Gasteiger partial charge on any atom is 0.142 e. The number of methoxy groups -OCH3 is 1. The van der Waals surface area contributed by atoms with Crippen LogP contribution in [0.2, 0.25) is 0 Å². The number of hydrogen-bond acceptors (Lipinski definition) is 3. The minimum Gasteiger partial charge on any atom is -0.495 e. The van der Waals surface area contributed by atoms with Gasteiger partial charge in [-0.15, -0.1) is 0 Å². The van der Waals surface area contributed by atoms with E-state index < -0.39 is 0 Å². The highest BCUT2D eigenvalue weighted by Crippen LogP contribution is 2.35. The number of rotatable bonds is 3. The van der Waals surface area contributed by atoms with Gasteiger partial charge in [0.2, 0.25) is 0 Å². The highest BCUT2D eigenvalue weighted by atomic mass is 16.5. The normalized spacial score (nSPS) is 13.5. The maximum absolute atomic E-state index is 5.98. The number of aryl methyl sites for hydroxylation is 1. The van der Waals surface area contributed by atoms with Gasteiger partial charge in [0, 0.05) is 28.5 Å². The van der Waals surface area contributed by atoms with Crippen LogP contribution in [0.25, 0.3) is 10.9 Å². The van der Waals surface area contributed by atoms with E-state index in [2.05, 4.69) is 21.7 Å². The lowest BCUT2D eigenvalue weighted by atomic mass is 10.1.